The van der Waals surface area contributed by atoms with E-state index in [1.165, 1.54) is 37.3 Å². The number of hydrogen-bond donors (Lipinski definition) is 2. The number of anilines is 2. The number of aromatic amines is 1. The Balaban J connectivity index is 1.75. The Morgan fingerprint density at radius 1 is 1.06 bits per heavy atom. The van der Waals surface area contributed by atoms with E-state index in [1.54, 1.807) is 24.4 Å². The first-order chi connectivity index (χ1) is 15.7. The fourth-order valence-electron chi connectivity index (χ4n) is 3.29. The van der Waals surface area contributed by atoms with Gasteiger partial charge < -0.3 is 5.32 Å². The molecule has 11 heteroatoms. The van der Waals surface area contributed by atoms with Crippen LogP contribution >= 0.6 is 23.2 Å². The van der Waals surface area contributed by atoms with Gasteiger partial charge in [-0.3, -0.25) is 14.2 Å². The van der Waals surface area contributed by atoms with Crippen molar-refractivity contribution in [2.45, 2.75) is 17.9 Å². The number of nitrogens with one attached hydrogen (secondary N) is 2. The van der Waals surface area contributed by atoms with Gasteiger partial charge in [-0.25, -0.2) is 12.8 Å². The van der Waals surface area contributed by atoms with E-state index in [0.717, 1.165) is 23.0 Å². The highest BCUT2D eigenvalue weighted by Crippen LogP contribution is 2.32. The van der Waals surface area contributed by atoms with Gasteiger partial charge in [0.25, 0.3) is 10.0 Å². The van der Waals surface area contributed by atoms with E-state index in [-0.39, 0.29) is 15.6 Å². The Bertz CT molecular complexity index is 1440. The van der Waals surface area contributed by atoms with E-state index in [9.17, 15) is 17.6 Å². The summed E-state index contributed by atoms with van der Waals surface area (Å²) in [4.78, 5) is 13.0. The molecule has 0 bridgehead atoms. The van der Waals surface area contributed by atoms with Gasteiger partial charge in [0, 0.05) is 21.1 Å². The Morgan fingerprint density at radius 3 is 2.48 bits per heavy atom. The van der Waals surface area contributed by atoms with Gasteiger partial charge in [-0.1, -0.05) is 23.2 Å². The summed E-state index contributed by atoms with van der Waals surface area (Å²) in [6.45, 7) is 1.36. The van der Waals surface area contributed by atoms with Crippen molar-refractivity contribution in [3.63, 3.8) is 0 Å². The maximum absolute atomic E-state index is 14.8. The number of halogens is 3. The van der Waals surface area contributed by atoms with E-state index in [0.29, 0.717) is 15.0 Å². The molecule has 0 saturated heterocycles. The van der Waals surface area contributed by atoms with Crippen LogP contribution in [0.25, 0.3) is 10.9 Å². The summed E-state index contributed by atoms with van der Waals surface area (Å²) in [5, 5.41) is 10.6. The molecule has 2 N–H and O–H groups in total. The third kappa shape index (κ3) is 4.66. The van der Waals surface area contributed by atoms with Gasteiger partial charge in [-0.2, -0.15) is 5.10 Å². The number of carbonyl (C=O) groups is 1. The van der Waals surface area contributed by atoms with E-state index >= 15 is 0 Å². The first kappa shape index (κ1) is 23.0. The van der Waals surface area contributed by atoms with Crippen LogP contribution in [0.3, 0.4) is 0 Å². The molecule has 0 aliphatic rings. The zero-order chi connectivity index (χ0) is 23.8. The number of carbonyl (C=O) groups excluding carboxylic acids is 1. The number of sulfonamides is 1. The van der Waals surface area contributed by atoms with Crippen molar-refractivity contribution in [2.24, 2.45) is 0 Å². The molecule has 7 nitrogen and oxygen atoms in total. The Hall–Kier alpha value is -3.14. The van der Waals surface area contributed by atoms with E-state index in [1.807, 2.05) is 0 Å². The monoisotopic (exact) mass is 506 g/mol. The van der Waals surface area contributed by atoms with Gasteiger partial charge in [-0.05, 0) is 67.6 Å². The molecule has 0 aliphatic carbocycles. The fourth-order valence-corrected chi connectivity index (χ4v) is 5.21. The third-order valence-electron chi connectivity index (χ3n) is 4.96. The fraction of sp³-hybridized carbons (Fsp3) is 0.0909. The topological polar surface area (TPSA) is 95.2 Å². The molecule has 1 unspecified atom stereocenters. The molecular formula is C22H17Cl2FN4O3S. The van der Waals surface area contributed by atoms with Crippen molar-refractivity contribution in [3.05, 3.63) is 82.7 Å². The van der Waals surface area contributed by atoms with E-state index in [4.69, 9.17) is 23.2 Å². The molecule has 0 aliphatic heterocycles. The largest absolute Gasteiger partial charge is 0.324 e. The molecule has 1 heterocycles. The van der Waals surface area contributed by atoms with Crippen LogP contribution in [0.15, 0.2) is 71.8 Å². The second-order valence-corrected chi connectivity index (χ2v) is 9.88. The molecule has 4 aromatic rings. The van der Waals surface area contributed by atoms with Gasteiger partial charge in [0.1, 0.15) is 11.9 Å². The van der Waals surface area contributed by atoms with Crippen LogP contribution in [-0.2, 0) is 14.8 Å². The van der Waals surface area contributed by atoms with Crippen LogP contribution in [-0.4, -0.2) is 30.6 Å². The number of benzene rings is 3. The minimum absolute atomic E-state index is 0.112. The SMILES string of the molecule is CC(C(=O)Nc1ccc2[nH]ncc2c1)N(c1cc(Cl)ccc1F)S(=O)(=O)c1ccc(Cl)cc1. The number of aromatic nitrogens is 2. The van der Waals surface area contributed by atoms with Crippen molar-refractivity contribution in [1.29, 1.82) is 0 Å². The molecule has 33 heavy (non-hydrogen) atoms. The van der Waals surface area contributed by atoms with Gasteiger partial charge in [0.15, 0.2) is 0 Å². The summed E-state index contributed by atoms with van der Waals surface area (Å²) in [6, 6.07) is 12.6. The highest BCUT2D eigenvalue weighted by Gasteiger charge is 2.35. The maximum Gasteiger partial charge on any atom is 0.265 e. The van der Waals surface area contributed by atoms with Crippen LogP contribution in [0.1, 0.15) is 6.92 Å². The van der Waals surface area contributed by atoms with E-state index < -0.39 is 27.8 Å². The maximum atomic E-state index is 14.8. The Morgan fingerprint density at radius 2 is 1.76 bits per heavy atom. The molecule has 3 aromatic carbocycles. The lowest BCUT2D eigenvalue weighted by Gasteiger charge is -2.30. The average Bonchev–Trinajstić information content (AvgIpc) is 3.24. The van der Waals surface area contributed by atoms with Crippen LogP contribution in [0.5, 0.6) is 0 Å². The summed E-state index contributed by atoms with van der Waals surface area (Å²) in [5.41, 5.74) is 0.843. The number of fused-ring (bicyclic) bond motifs is 1. The van der Waals surface area contributed by atoms with Crippen molar-refractivity contribution >= 4 is 61.4 Å². The predicted molar refractivity (Wildman–Crippen MR) is 127 cm³/mol. The van der Waals surface area contributed by atoms with Gasteiger partial charge in [-0.15, -0.1) is 0 Å². The quantitative estimate of drug-likeness (QED) is 0.374. The van der Waals surface area contributed by atoms with Crippen molar-refractivity contribution in [1.82, 2.24) is 10.2 Å². The van der Waals surface area contributed by atoms with Crippen molar-refractivity contribution in [3.8, 4) is 0 Å². The standard InChI is InChI=1S/C22H17Cl2FN4O3S/c1-13(22(30)27-17-5-9-20-14(10-17)12-26-28-20)29(21-11-16(24)4-8-19(21)25)33(31,32)18-6-2-15(23)3-7-18/h2-13H,1H3,(H,26,28)(H,27,30). The lowest BCUT2D eigenvalue weighted by molar-refractivity contribution is -0.116. The van der Waals surface area contributed by atoms with Crippen LogP contribution in [0, 0.1) is 5.82 Å². The summed E-state index contributed by atoms with van der Waals surface area (Å²) < 4.78 is 42.6. The zero-order valence-corrected chi connectivity index (χ0v) is 19.4. The smallest absolute Gasteiger partial charge is 0.265 e. The van der Waals surface area contributed by atoms with Crippen molar-refractivity contribution in [2.75, 3.05) is 9.62 Å². The highest BCUT2D eigenvalue weighted by atomic mass is 35.5. The molecule has 1 aromatic heterocycles. The van der Waals surface area contributed by atoms with Crippen LogP contribution in [0.2, 0.25) is 10.0 Å². The number of rotatable bonds is 6. The lowest BCUT2D eigenvalue weighted by Crippen LogP contribution is -2.46. The van der Waals surface area contributed by atoms with Crippen LogP contribution < -0.4 is 9.62 Å². The summed E-state index contributed by atoms with van der Waals surface area (Å²) in [7, 11) is -4.37. The predicted octanol–water partition coefficient (Wildman–Crippen LogP) is 5.23. The molecule has 0 saturated carbocycles. The molecule has 0 spiro atoms. The number of H-pyrrole nitrogens is 1. The molecule has 1 amide bonds. The number of hydrogen-bond acceptors (Lipinski definition) is 4. The lowest BCUT2D eigenvalue weighted by atomic mass is 10.2. The summed E-state index contributed by atoms with van der Waals surface area (Å²) in [5.74, 6) is -1.52. The molecule has 4 rings (SSSR count). The Kier molecular flexibility index (Phi) is 6.29. The molecule has 1 atom stereocenters. The van der Waals surface area contributed by atoms with Gasteiger partial charge >= 0.3 is 0 Å². The molecule has 0 fully saturated rings. The number of nitrogens with zero attached hydrogens (tertiary/aromatic N) is 2. The van der Waals surface area contributed by atoms with Crippen molar-refractivity contribution < 1.29 is 17.6 Å². The van der Waals surface area contributed by atoms with Crippen LogP contribution in [0.4, 0.5) is 15.8 Å². The highest BCUT2D eigenvalue weighted by molar-refractivity contribution is 7.93. The Labute approximate surface area is 199 Å². The normalized spacial score (nSPS) is 12.5. The molecule has 0 radical (unpaired) electrons. The first-order valence-electron chi connectivity index (χ1n) is 9.66. The number of amides is 1. The minimum Gasteiger partial charge on any atom is -0.324 e. The molecular weight excluding hydrogens is 490 g/mol. The second-order valence-electron chi connectivity index (χ2n) is 7.19. The first-order valence-corrected chi connectivity index (χ1v) is 11.9. The summed E-state index contributed by atoms with van der Waals surface area (Å²) >= 11 is 11.9. The van der Waals surface area contributed by atoms with Gasteiger partial charge in [0.05, 0.1) is 22.3 Å². The minimum atomic E-state index is -4.37. The third-order valence-corrected chi connectivity index (χ3v) is 7.34. The van der Waals surface area contributed by atoms with E-state index in [2.05, 4.69) is 15.5 Å². The zero-order valence-electron chi connectivity index (χ0n) is 17.1. The second kappa shape index (κ2) is 9.01. The summed E-state index contributed by atoms with van der Waals surface area (Å²) in [6.07, 6.45) is 1.59. The van der Waals surface area contributed by atoms with Gasteiger partial charge in [0.2, 0.25) is 5.91 Å². The average molecular weight is 507 g/mol. The molecule has 170 valence electrons.